The Hall–Kier alpha value is -0.120. The Balaban J connectivity index is 2.41. The third kappa shape index (κ3) is 2.44. The van der Waals surface area contributed by atoms with Crippen LogP contribution in [0, 0.1) is 0 Å². The van der Waals surface area contributed by atoms with Crippen LogP contribution in [0.3, 0.4) is 0 Å². The maximum Gasteiger partial charge on any atom is 0.0952 e. The summed E-state index contributed by atoms with van der Waals surface area (Å²) in [6, 6.07) is 0.628. The fourth-order valence-electron chi connectivity index (χ4n) is 1.59. The Labute approximate surface area is 74.1 Å². The number of rotatable bonds is 2. The van der Waals surface area contributed by atoms with Gasteiger partial charge in [0.05, 0.1) is 12.2 Å². The maximum atomic E-state index is 9.70. The van der Waals surface area contributed by atoms with Crippen molar-refractivity contribution < 1.29 is 9.84 Å². The molecule has 3 unspecified atom stereocenters. The fraction of sp³-hybridized carbons (Fsp3) is 1.00. The van der Waals surface area contributed by atoms with Crippen molar-refractivity contribution in [3.05, 3.63) is 0 Å². The minimum atomic E-state index is -0.360. The van der Waals surface area contributed by atoms with Crippen molar-refractivity contribution >= 4 is 0 Å². The molecule has 1 aliphatic rings. The third-order valence-electron chi connectivity index (χ3n) is 2.25. The van der Waals surface area contributed by atoms with Gasteiger partial charge in [-0.2, -0.15) is 0 Å². The van der Waals surface area contributed by atoms with Crippen LogP contribution >= 0.6 is 0 Å². The summed E-state index contributed by atoms with van der Waals surface area (Å²) in [5.74, 6) is 0. The lowest BCUT2D eigenvalue weighted by atomic mass is 10.00. The van der Waals surface area contributed by atoms with E-state index in [2.05, 4.69) is 19.2 Å². The quantitative estimate of drug-likeness (QED) is 0.640. The molecule has 0 aromatic carbocycles. The van der Waals surface area contributed by atoms with Crippen LogP contribution in [-0.4, -0.2) is 36.0 Å². The van der Waals surface area contributed by atoms with Crippen molar-refractivity contribution in [2.45, 2.75) is 51.5 Å². The number of aliphatic hydroxyl groups excluding tert-OH is 1. The molecular weight excluding hydrogens is 154 g/mol. The molecular formula is C9H19NO2. The van der Waals surface area contributed by atoms with Gasteiger partial charge in [-0.15, -0.1) is 0 Å². The van der Waals surface area contributed by atoms with Gasteiger partial charge < -0.3 is 15.2 Å². The van der Waals surface area contributed by atoms with E-state index < -0.39 is 0 Å². The van der Waals surface area contributed by atoms with E-state index in [9.17, 15) is 5.11 Å². The number of hydrogen-bond donors (Lipinski definition) is 2. The van der Waals surface area contributed by atoms with Crippen molar-refractivity contribution in [2.75, 3.05) is 6.61 Å². The summed E-state index contributed by atoms with van der Waals surface area (Å²) in [5.41, 5.74) is 0. The van der Waals surface area contributed by atoms with Crippen LogP contribution in [0.5, 0.6) is 0 Å². The molecule has 1 fully saturated rings. The zero-order valence-corrected chi connectivity index (χ0v) is 8.08. The first-order valence-corrected chi connectivity index (χ1v) is 4.67. The van der Waals surface area contributed by atoms with Crippen LogP contribution in [-0.2, 0) is 4.74 Å². The molecule has 12 heavy (non-hydrogen) atoms. The lowest BCUT2D eigenvalue weighted by Crippen LogP contribution is -2.52. The molecule has 1 saturated heterocycles. The highest BCUT2D eigenvalue weighted by Gasteiger charge is 2.29. The first-order valence-electron chi connectivity index (χ1n) is 4.67. The largest absolute Gasteiger partial charge is 0.389 e. The van der Waals surface area contributed by atoms with E-state index >= 15 is 0 Å². The standard InChI is InChI=1S/C9H19NO2/c1-6(2)10-8-4-5-12-7(3)9(8)11/h6-11H,4-5H2,1-3H3. The van der Waals surface area contributed by atoms with Crippen molar-refractivity contribution in [2.24, 2.45) is 0 Å². The van der Waals surface area contributed by atoms with Crippen LogP contribution in [0.4, 0.5) is 0 Å². The average Bonchev–Trinajstić information content (AvgIpc) is 1.98. The van der Waals surface area contributed by atoms with Gasteiger partial charge in [0.1, 0.15) is 0 Å². The molecule has 1 aliphatic heterocycles. The van der Waals surface area contributed by atoms with Gasteiger partial charge in [-0.25, -0.2) is 0 Å². The first kappa shape index (κ1) is 9.96. The Morgan fingerprint density at radius 2 is 2.17 bits per heavy atom. The predicted octanol–water partition coefficient (Wildman–Crippen LogP) is 0.523. The zero-order chi connectivity index (χ0) is 9.14. The highest BCUT2D eigenvalue weighted by Crippen LogP contribution is 2.14. The van der Waals surface area contributed by atoms with Crippen molar-refractivity contribution in [3.63, 3.8) is 0 Å². The second-order valence-corrected chi connectivity index (χ2v) is 3.78. The summed E-state index contributed by atoms with van der Waals surface area (Å²) < 4.78 is 5.31. The molecule has 3 nitrogen and oxygen atoms in total. The number of ether oxygens (including phenoxy) is 1. The summed E-state index contributed by atoms with van der Waals surface area (Å²) in [5, 5.41) is 13.0. The van der Waals surface area contributed by atoms with Gasteiger partial charge in [0.15, 0.2) is 0 Å². The van der Waals surface area contributed by atoms with E-state index in [0.717, 1.165) is 13.0 Å². The molecule has 3 atom stereocenters. The molecule has 0 aromatic rings. The zero-order valence-electron chi connectivity index (χ0n) is 8.08. The Bertz CT molecular complexity index is 138. The highest BCUT2D eigenvalue weighted by molar-refractivity contribution is 4.84. The Morgan fingerprint density at radius 3 is 2.75 bits per heavy atom. The molecule has 3 heteroatoms. The molecule has 0 spiro atoms. The summed E-state index contributed by atoms with van der Waals surface area (Å²) in [6.07, 6.45) is 0.514. The smallest absolute Gasteiger partial charge is 0.0952 e. The maximum absolute atomic E-state index is 9.70. The summed E-state index contributed by atoms with van der Waals surface area (Å²) in [7, 11) is 0. The van der Waals surface area contributed by atoms with Crippen LogP contribution in [0.2, 0.25) is 0 Å². The second kappa shape index (κ2) is 4.21. The lowest BCUT2D eigenvalue weighted by molar-refractivity contribution is -0.0826. The second-order valence-electron chi connectivity index (χ2n) is 3.78. The molecule has 0 saturated carbocycles. The van der Waals surface area contributed by atoms with E-state index in [1.807, 2.05) is 6.92 Å². The van der Waals surface area contributed by atoms with Crippen molar-refractivity contribution in [3.8, 4) is 0 Å². The van der Waals surface area contributed by atoms with Gasteiger partial charge in [0.2, 0.25) is 0 Å². The van der Waals surface area contributed by atoms with E-state index in [1.54, 1.807) is 0 Å². The molecule has 2 N–H and O–H groups in total. The number of hydrogen-bond acceptors (Lipinski definition) is 3. The van der Waals surface area contributed by atoms with Gasteiger partial charge in [-0.1, -0.05) is 13.8 Å². The molecule has 0 bridgehead atoms. The molecule has 0 aromatic heterocycles. The van der Waals surface area contributed by atoms with Crippen molar-refractivity contribution in [1.29, 1.82) is 0 Å². The number of nitrogens with one attached hydrogen (secondary N) is 1. The Kier molecular flexibility index (Phi) is 3.50. The molecule has 0 amide bonds. The van der Waals surface area contributed by atoms with Crippen LogP contribution in [0.25, 0.3) is 0 Å². The normalized spacial score (nSPS) is 37.2. The van der Waals surface area contributed by atoms with Crippen LogP contribution < -0.4 is 5.32 Å². The third-order valence-corrected chi connectivity index (χ3v) is 2.25. The summed E-state index contributed by atoms with van der Waals surface area (Å²) in [6.45, 7) is 6.85. The highest BCUT2D eigenvalue weighted by atomic mass is 16.5. The summed E-state index contributed by atoms with van der Waals surface area (Å²) in [4.78, 5) is 0. The molecule has 0 aliphatic carbocycles. The average molecular weight is 173 g/mol. The topological polar surface area (TPSA) is 41.5 Å². The van der Waals surface area contributed by atoms with Gasteiger partial charge >= 0.3 is 0 Å². The molecule has 1 rings (SSSR count). The SMILES string of the molecule is CC(C)NC1CCOC(C)C1O. The molecule has 1 heterocycles. The first-order chi connectivity index (χ1) is 5.61. The van der Waals surface area contributed by atoms with Crippen LogP contribution in [0.15, 0.2) is 0 Å². The van der Waals surface area contributed by atoms with Gasteiger partial charge in [-0.05, 0) is 13.3 Å². The van der Waals surface area contributed by atoms with Gasteiger partial charge in [0, 0.05) is 18.7 Å². The van der Waals surface area contributed by atoms with Crippen LogP contribution in [0.1, 0.15) is 27.2 Å². The molecule has 72 valence electrons. The van der Waals surface area contributed by atoms with Gasteiger partial charge in [-0.3, -0.25) is 0 Å². The van der Waals surface area contributed by atoms with E-state index in [1.165, 1.54) is 0 Å². The molecule has 0 radical (unpaired) electrons. The van der Waals surface area contributed by atoms with Crippen molar-refractivity contribution in [1.82, 2.24) is 5.32 Å². The monoisotopic (exact) mass is 173 g/mol. The Morgan fingerprint density at radius 1 is 1.50 bits per heavy atom. The lowest BCUT2D eigenvalue weighted by Gasteiger charge is -2.34. The summed E-state index contributed by atoms with van der Waals surface area (Å²) >= 11 is 0. The number of aliphatic hydroxyl groups is 1. The van der Waals surface area contributed by atoms with E-state index in [0.29, 0.717) is 6.04 Å². The predicted molar refractivity (Wildman–Crippen MR) is 48.1 cm³/mol. The van der Waals surface area contributed by atoms with E-state index in [-0.39, 0.29) is 18.2 Å². The fourth-order valence-corrected chi connectivity index (χ4v) is 1.59. The minimum absolute atomic E-state index is 0.0324. The minimum Gasteiger partial charge on any atom is -0.389 e. The van der Waals surface area contributed by atoms with Gasteiger partial charge in [0.25, 0.3) is 0 Å². The van der Waals surface area contributed by atoms with E-state index in [4.69, 9.17) is 4.74 Å².